The largest absolute Gasteiger partial charge is 0.384 e. The Balaban J connectivity index is 1.82. The van der Waals surface area contributed by atoms with Gasteiger partial charge < -0.3 is 15.5 Å². The maximum absolute atomic E-state index is 5.91. The van der Waals surface area contributed by atoms with E-state index in [0.29, 0.717) is 17.8 Å². The molecule has 0 bridgehead atoms. The molecule has 1 saturated carbocycles. The molecule has 5 heteroatoms. The van der Waals surface area contributed by atoms with Gasteiger partial charge in [-0.25, -0.2) is 9.97 Å². The van der Waals surface area contributed by atoms with Gasteiger partial charge in [0.2, 0.25) is 0 Å². The lowest BCUT2D eigenvalue weighted by Gasteiger charge is -2.38. The molecule has 1 aromatic rings. The maximum atomic E-state index is 5.91. The van der Waals surface area contributed by atoms with Crippen LogP contribution in [0.4, 0.5) is 11.6 Å². The molecule has 1 aliphatic heterocycles. The summed E-state index contributed by atoms with van der Waals surface area (Å²) >= 11 is 0. The Labute approximate surface area is 108 Å². The first-order valence-electron chi connectivity index (χ1n) is 6.73. The third kappa shape index (κ3) is 2.27. The summed E-state index contributed by atoms with van der Waals surface area (Å²) < 4.78 is 0. The number of hydrogen-bond acceptors (Lipinski definition) is 5. The number of nitrogen functional groups attached to an aromatic ring is 1. The Hall–Kier alpha value is -1.36. The van der Waals surface area contributed by atoms with Crippen LogP contribution in [0.1, 0.15) is 31.5 Å². The van der Waals surface area contributed by atoms with Gasteiger partial charge in [0.1, 0.15) is 17.5 Å². The summed E-state index contributed by atoms with van der Waals surface area (Å²) in [5.41, 5.74) is 5.91. The molecule has 1 atom stereocenters. The van der Waals surface area contributed by atoms with Gasteiger partial charge in [0.05, 0.1) is 0 Å². The van der Waals surface area contributed by atoms with Crippen LogP contribution in [-0.2, 0) is 0 Å². The molecule has 18 heavy (non-hydrogen) atoms. The molecule has 1 unspecified atom stereocenters. The van der Waals surface area contributed by atoms with E-state index in [0.717, 1.165) is 31.3 Å². The first-order chi connectivity index (χ1) is 8.63. The summed E-state index contributed by atoms with van der Waals surface area (Å²) in [5.74, 6) is 3.10. The fourth-order valence-corrected chi connectivity index (χ4v) is 2.41. The fourth-order valence-electron chi connectivity index (χ4n) is 2.41. The summed E-state index contributed by atoms with van der Waals surface area (Å²) in [6, 6.07) is 2.46. The third-order valence-corrected chi connectivity index (χ3v) is 3.98. The Morgan fingerprint density at radius 3 is 2.72 bits per heavy atom. The van der Waals surface area contributed by atoms with Crippen LogP contribution >= 0.6 is 0 Å². The molecule has 2 fully saturated rings. The average Bonchev–Trinajstić information content (AvgIpc) is 3.16. The number of rotatable bonds is 2. The first kappa shape index (κ1) is 11.7. The summed E-state index contributed by atoms with van der Waals surface area (Å²) in [6.07, 6.45) is 2.42. The van der Waals surface area contributed by atoms with Crippen molar-refractivity contribution in [2.24, 2.45) is 0 Å². The zero-order valence-corrected chi connectivity index (χ0v) is 11.1. The predicted octanol–water partition coefficient (Wildman–Crippen LogP) is 1.08. The molecule has 1 aliphatic carbocycles. The molecule has 0 spiro atoms. The van der Waals surface area contributed by atoms with Gasteiger partial charge in [0.25, 0.3) is 0 Å². The highest BCUT2D eigenvalue weighted by Gasteiger charge is 2.28. The van der Waals surface area contributed by atoms with Gasteiger partial charge in [0, 0.05) is 37.7 Å². The number of anilines is 2. The average molecular weight is 247 g/mol. The molecule has 1 saturated heterocycles. The van der Waals surface area contributed by atoms with Crippen molar-refractivity contribution < 1.29 is 0 Å². The second-order valence-corrected chi connectivity index (χ2v) is 5.56. The van der Waals surface area contributed by atoms with Gasteiger partial charge in [-0.15, -0.1) is 0 Å². The standard InChI is InChI=1S/C13H21N5/c1-9-8-18(6-5-17(9)2)12-7-11(14)15-13(16-12)10-3-4-10/h7,9-10H,3-6,8H2,1-2H3,(H2,14,15,16). The predicted molar refractivity (Wildman–Crippen MR) is 72.7 cm³/mol. The van der Waals surface area contributed by atoms with Crippen LogP contribution in [-0.4, -0.2) is 47.6 Å². The Morgan fingerprint density at radius 2 is 2.06 bits per heavy atom. The normalized spacial score (nSPS) is 25.4. The molecular weight excluding hydrogens is 226 g/mol. The molecule has 0 radical (unpaired) electrons. The molecular formula is C13H21N5. The van der Waals surface area contributed by atoms with Crippen molar-refractivity contribution in [2.75, 3.05) is 37.3 Å². The van der Waals surface area contributed by atoms with E-state index in [4.69, 9.17) is 10.7 Å². The zero-order valence-electron chi connectivity index (χ0n) is 11.1. The van der Waals surface area contributed by atoms with E-state index in [9.17, 15) is 0 Å². The number of piperazine rings is 1. The second kappa shape index (κ2) is 4.39. The lowest BCUT2D eigenvalue weighted by atomic mass is 10.2. The van der Waals surface area contributed by atoms with E-state index in [-0.39, 0.29) is 0 Å². The molecule has 0 amide bonds. The molecule has 2 heterocycles. The number of nitrogens with two attached hydrogens (primary N) is 1. The third-order valence-electron chi connectivity index (χ3n) is 3.98. The van der Waals surface area contributed by atoms with Crippen molar-refractivity contribution in [3.8, 4) is 0 Å². The summed E-state index contributed by atoms with van der Waals surface area (Å²) in [4.78, 5) is 13.8. The van der Waals surface area contributed by atoms with Crippen LogP contribution in [0, 0.1) is 0 Å². The van der Waals surface area contributed by atoms with Gasteiger partial charge in [-0.1, -0.05) is 0 Å². The molecule has 2 N–H and O–H groups in total. The molecule has 5 nitrogen and oxygen atoms in total. The van der Waals surface area contributed by atoms with Crippen molar-refractivity contribution in [3.05, 3.63) is 11.9 Å². The van der Waals surface area contributed by atoms with E-state index < -0.39 is 0 Å². The van der Waals surface area contributed by atoms with Crippen molar-refractivity contribution >= 4 is 11.6 Å². The van der Waals surface area contributed by atoms with Gasteiger partial charge in [-0.3, -0.25) is 0 Å². The highest BCUT2D eigenvalue weighted by molar-refractivity contribution is 5.48. The lowest BCUT2D eigenvalue weighted by molar-refractivity contribution is 0.233. The monoisotopic (exact) mass is 247 g/mol. The van der Waals surface area contributed by atoms with Crippen LogP contribution in [0.2, 0.25) is 0 Å². The van der Waals surface area contributed by atoms with E-state index in [2.05, 4.69) is 28.8 Å². The quantitative estimate of drug-likeness (QED) is 0.847. The fraction of sp³-hybridized carbons (Fsp3) is 0.692. The minimum atomic E-state index is 0.553. The Morgan fingerprint density at radius 1 is 1.28 bits per heavy atom. The van der Waals surface area contributed by atoms with Crippen LogP contribution in [0.5, 0.6) is 0 Å². The number of hydrogen-bond donors (Lipinski definition) is 1. The molecule has 2 aliphatic rings. The minimum absolute atomic E-state index is 0.553. The zero-order chi connectivity index (χ0) is 12.7. The van der Waals surface area contributed by atoms with Gasteiger partial charge in [0.15, 0.2) is 0 Å². The van der Waals surface area contributed by atoms with Crippen LogP contribution < -0.4 is 10.6 Å². The highest BCUT2D eigenvalue weighted by Crippen LogP contribution is 2.39. The van der Waals surface area contributed by atoms with Crippen LogP contribution in [0.3, 0.4) is 0 Å². The molecule has 98 valence electrons. The van der Waals surface area contributed by atoms with Crippen molar-refractivity contribution in [2.45, 2.75) is 31.7 Å². The van der Waals surface area contributed by atoms with Gasteiger partial charge >= 0.3 is 0 Å². The molecule has 3 rings (SSSR count). The van der Waals surface area contributed by atoms with Crippen LogP contribution in [0.15, 0.2) is 6.07 Å². The first-order valence-corrected chi connectivity index (χ1v) is 6.73. The van der Waals surface area contributed by atoms with E-state index in [1.54, 1.807) is 0 Å². The molecule has 1 aromatic heterocycles. The second-order valence-electron chi connectivity index (χ2n) is 5.56. The van der Waals surface area contributed by atoms with E-state index in [1.165, 1.54) is 12.8 Å². The maximum Gasteiger partial charge on any atom is 0.136 e. The minimum Gasteiger partial charge on any atom is -0.384 e. The smallest absolute Gasteiger partial charge is 0.136 e. The topological polar surface area (TPSA) is 58.3 Å². The summed E-state index contributed by atoms with van der Waals surface area (Å²) in [7, 11) is 2.17. The summed E-state index contributed by atoms with van der Waals surface area (Å²) in [5, 5.41) is 0. The number of likely N-dealkylation sites (N-methyl/N-ethyl adjacent to an activating group) is 1. The van der Waals surface area contributed by atoms with E-state index in [1.807, 2.05) is 6.07 Å². The highest BCUT2D eigenvalue weighted by atomic mass is 15.3. The number of aromatic nitrogens is 2. The van der Waals surface area contributed by atoms with Crippen molar-refractivity contribution in [1.82, 2.24) is 14.9 Å². The van der Waals surface area contributed by atoms with Crippen molar-refractivity contribution in [1.29, 1.82) is 0 Å². The Kier molecular flexibility index (Phi) is 2.86. The van der Waals surface area contributed by atoms with Crippen LogP contribution in [0.25, 0.3) is 0 Å². The van der Waals surface area contributed by atoms with Gasteiger partial charge in [-0.05, 0) is 26.8 Å². The van der Waals surface area contributed by atoms with E-state index >= 15 is 0 Å². The Bertz CT molecular complexity index is 443. The summed E-state index contributed by atoms with van der Waals surface area (Å²) in [6.45, 7) is 5.35. The SMILES string of the molecule is CC1CN(c2cc(N)nc(C3CC3)n2)CCN1C. The molecule has 0 aromatic carbocycles. The number of nitrogens with zero attached hydrogens (tertiary/aromatic N) is 4. The van der Waals surface area contributed by atoms with Gasteiger partial charge in [-0.2, -0.15) is 0 Å². The van der Waals surface area contributed by atoms with Crippen molar-refractivity contribution in [3.63, 3.8) is 0 Å². The lowest BCUT2D eigenvalue weighted by Crippen LogP contribution is -2.50.